The average Bonchev–Trinajstić information content (AvgIpc) is 3.14. The van der Waals surface area contributed by atoms with E-state index in [0.717, 1.165) is 17.0 Å². The predicted molar refractivity (Wildman–Crippen MR) is 100 cm³/mol. The van der Waals surface area contributed by atoms with Gasteiger partial charge in [-0.15, -0.1) is 0 Å². The van der Waals surface area contributed by atoms with Crippen LogP contribution < -0.4 is 0 Å². The van der Waals surface area contributed by atoms with Gasteiger partial charge in [0, 0.05) is 32.5 Å². The number of hydrogen-bond acceptors (Lipinski definition) is 6. The van der Waals surface area contributed by atoms with Crippen molar-refractivity contribution in [3.63, 3.8) is 0 Å². The molecule has 3 rings (SSSR count). The zero-order valence-electron chi connectivity index (χ0n) is 16.2. The van der Waals surface area contributed by atoms with Crippen LogP contribution in [0.3, 0.4) is 0 Å². The van der Waals surface area contributed by atoms with Crippen LogP contribution in [-0.2, 0) is 33.8 Å². The number of hydrogen-bond donors (Lipinski definition) is 1. The third-order valence-corrected chi connectivity index (χ3v) is 4.62. The summed E-state index contributed by atoms with van der Waals surface area (Å²) in [4.78, 5) is 32.6. The number of nitrogens with one attached hydrogen (secondary N) is 1. The van der Waals surface area contributed by atoms with Gasteiger partial charge in [0.2, 0.25) is 5.91 Å². The first kappa shape index (κ1) is 20.0. The fourth-order valence-electron chi connectivity index (χ4n) is 3.09. The molecular weight excluding hydrogens is 362 g/mol. The number of fused-ring (bicyclic) bond motifs is 1. The van der Waals surface area contributed by atoms with Gasteiger partial charge >= 0.3 is 0 Å². The Labute approximate surface area is 163 Å². The molecule has 0 fully saturated rings. The Morgan fingerprint density at radius 1 is 1.32 bits per heavy atom. The van der Waals surface area contributed by atoms with Crippen LogP contribution in [0.25, 0.3) is 0 Å². The number of ether oxygens (including phenoxy) is 2. The number of methoxy groups -OCH3 is 1. The van der Waals surface area contributed by atoms with Crippen LogP contribution in [0.4, 0.5) is 0 Å². The molecule has 0 spiro atoms. The van der Waals surface area contributed by atoms with Gasteiger partial charge < -0.3 is 19.3 Å². The summed E-state index contributed by atoms with van der Waals surface area (Å²) >= 11 is 0. The highest BCUT2D eigenvalue weighted by Gasteiger charge is 2.28. The monoisotopic (exact) mass is 387 g/mol. The summed E-state index contributed by atoms with van der Waals surface area (Å²) in [5.74, 6) is -0.248. The first-order valence-electron chi connectivity index (χ1n) is 9.16. The molecule has 2 aromatic heterocycles. The molecule has 0 aromatic carbocycles. The van der Waals surface area contributed by atoms with Gasteiger partial charge in [0.15, 0.2) is 5.69 Å². The Hall–Kier alpha value is -2.78. The van der Waals surface area contributed by atoms with Crippen molar-refractivity contribution >= 4 is 11.8 Å². The lowest BCUT2D eigenvalue weighted by Crippen LogP contribution is -2.39. The smallest absolute Gasteiger partial charge is 0.274 e. The maximum atomic E-state index is 12.8. The molecule has 1 aliphatic heterocycles. The first-order valence-corrected chi connectivity index (χ1v) is 9.16. The number of amides is 2. The molecule has 0 aliphatic carbocycles. The third-order valence-electron chi connectivity index (χ3n) is 4.62. The highest BCUT2D eigenvalue weighted by molar-refractivity contribution is 5.94. The summed E-state index contributed by atoms with van der Waals surface area (Å²) in [5, 5.41) is 7.14. The molecule has 150 valence electrons. The van der Waals surface area contributed by atoms with Gasteiger partial charge in [-0.2, -0.15) is 5.10 Å². The van der Waals surface area contributed by atoms with E-state index in [1.165, 1.54) is 0 Å². The van der Waals surface area contributed by atoms with Crippen LogP contribution in [-0.4, -0.2) is 77.3 Å². The number of nitrogens with zero attached hydrogens (tertiary/aromatic N) is 4. The molecule has 9 heteroatoms. The van der Waals surface area contributed by atoms with Gasteiger partial charge in [0.1, 0.15) is 6.61 Å². The van der Waals surface area contributed by atoms with E-state index < -0.39 is 0 Å². The van der Waals surface area contributed by atoms with Crippen LogP contribution in [0.15, 0.2) is 24.4 Å². The van der Waals surface area contributed by atoms with Crippen molar-refractivity contribution in [1.82, 2.24) is 25.0 Å². The van der Waals surface area contributed by atoms with Crippen molar-refractivity contribution < 1.29 is 19.1 Å². The van der Waals surface area contributed by atoms with Gasteiger partial charge in [-0.05, 0) is 18.6 Å². The van der Waals surface area contributed by atoms with Crippen molar-refractivity contribution in [2.45, 2.75) is 19.5 Å². The molecule has 0 bridgehead atoms. The summed E-state index contributed by atoms with van der Waals surface area (Å²) in [7, 11) is 3.32. The lowest BCUT2D eigenvalue weighted by atomic mass is 10.0. The Kier molecular flexibility index (Phi) is 6.72. The molecule has 28 heavy (non-hydrogen) atoms. The molecule has 1 N–H and O–H groups in total. The summed E-state index contributed by atoms with van der Waals surface area (Å²) in [5.41, 5.74) is 2.90. The number of carbonyl (C=O) groups is 2. The SMILES string of the molecule is COCCOCC(=O)N1CCc2c(C(=O)N(C)Cc3ccccn3)n[nH]c2C1. The maximum Gasteiger partial charge on any atom is 0.274 e. The number of aromatic amines is 1. The molecule has 0 saturated carbocycles. The molecule has 9 nitrogen and oxygen atoms in total. The maximum absolute atomic E-state index is 12.8. The highest BCUT2D eigenvalue weighted by Crippen LogP contribution is 2.21. The summed E-state index contributed by atoms with van der Waals surface area (Å²) in [6, 6.07) is 5.61. The highest BCUT2D eigenvalue weighted by atomic mass is 16.5. The molecule has 0 radical (unpaired) electrons. The standard InChI is InChI=1S/C19H25N5O4/c1-23(11-14-5-3-4-7-20-14)19(26)18-15-6-8-24(12-16(15)21-22-18)17(25)13-28-10-9-27-2/h3-5,7H,6,8-13H2,1-2H3,(H,21,22). The summed E-state index contributed by atoms with van der Waals surface area (Å²) in [6.45, 7) is 2.19. The Balaban J connectivity index is 1.60. The van der Waals surface area contributed by atoms with Gasteiger partial charge in [0.05, 0.1) is 37.7 Å². The van der Waals surface area contributed by atoms with Crippen LogP contribution in [0.5, 0.6) is 0 Å². The number of carbonyl (C=O) groups excluding carboxylic acids is 2. The van der Waals surface area contributed by atoms with Crippen molar-refractivity contribution in [1.29, 1.82) is 0 Å². The minimum Gasteiger partial charge on any atom is -0.382 e. The van der Waals surface area contributed by atoms with E-state index in [1.807, 2.05) is 18.2 Å². The lowest BCUT2D eigenvalue weighted by molar-refractivity contribution is -0.137. The number of H-pyrrole nitrogens is 1. The first-order chi connectivity index (χ1) is 13.6. The second kappa shape index (κ2) is 9.43. The van der Waals surface area contributed by atoms with Crippen molar-refractivity contribution in [3.05, 3.63) is 47.0 Å². The number of aromatic nitrogens is 3. The van der Waals surface area contributed by atoms with Crippen molar-refractivity contribution in [3.8, 4) is 0 Å². The number of pyridine rings is 1. The third kappa shape index (κ3) is 4.73. The lowest BCUT2D eigenvalue weighted by Gasteiger charge is -2.27. The minimum absolute atomic E-state index is 0.0193. The minimum atomic E-state index is -0.161. The molecule has 0 saturated heterocycles. The van der Waals surface area contributed by atoms with Crippen LogP contribution in [0.2, 0.25) is 0 Å². The zero-order chi connectivity index (χ0) is 19.9. The normalized spacial score (nSPS) is 13.3. The molecule has 2 aromatic rings. The molecule has 1 aliphatic rings. The van der Waals surface area contributed by atoms with Crippen LogP contribution in [0.1, 0.15) is 27.4 Å². The topological polar surface area (TPSA) is 101 Å². The largest absolute Gasteiger partial charge is 0.382 e. The van der Waals surface area contributed by atoms with E-state index in [4.69, 9.17) is 9.47 Å². The van der Waals surface area contributed by atoms with E-state index >= 15 is 0 Å². The fraction of sp³-hybridized carbons (Fsp3) is 0.474. The van der Waals surface area contributed by atoms with Crippen molar-refractivity contribution in [2.75, 3.05) is 40.5 Å². The second-order valence-electron chi connectivity index (χ2n) is 6.62. The van der Waals surface area contributed by atoms with Gasteiger partial charge in [-0.3, -0.25) is 19.7 Å². The van der Waals surface area contributed by atoms with Crippen LogP contribution in [0, 0.1) is 0 Å². The van der Waals surface area contributed by atoms with E-state index in [1.54, 1.807) is 30.2 Å². The van der Waals surface area contributed by atoms with Gasteiger partial charge in [-0.1, -0.05) is 6.07 Å². The van der Waals surface area contributed by atoms with E-state index in [2.05, 4.69) is 15.2 Å². The number of rotatable bonds is 8. The Morgan fingerprint density at radius 2 is 2.18 bits per heavy atom. The average molecular weight is 387 g/mol. The van der Waals surface area contributed by atoms with Crippen LogP contribution >= 0.6 is 0 Å². The summed E-state index contributed by atoms with van der Waals surface area (Å²) < 4.78 is 10.2. The predicted octanol–water partition coefficient (Wildman–Crippen LogP) is 0.625. The van der Waals surface area contributed by atoms with Gasteiger partial charge in [0.25, 0.3) is 5.91 Å². The van der Waals surface area contributed by atoms with Gasteiger partial charge in [-0.25, -0.2) is 0 Å². The zero-order valence-corrected chi connectivity index (χ0v) is 16.2. The Morgan fingerprint density at radius 3 is 2.93 bits per heavy atom. The summed E-state index contributed by atoms with van der Waals surface area (Å²) in [6.07, 6.45) is 2.28. The Bertz CT molecular complexity index is 808. The fourth-order valence-corrected chi connectivity index (χ4v) is 3.09. The van der Waals surface area contributed by atoms with E-state index in [0.29, 0.717) is 45.0 Å². The molecule has 2 amide bonds. The molecule has 0 atom stereocenters. The van der Waals surface area contributed by atoms with E-state index in [9.17, 15) is 9.59 Å². The molecule has 3 heterocycles. The van der Waals surface area contributed by atoms with E-state index in [-0.39, 0.29) is 18.4 Å². The second-order valence-corrected chi connectivity index (χ2v) is 6.62. The molecule has 0 unspecified atom stereocenters. The van der Waals surface area contributed by atoms with Crippen molar-refractivity contribution in [2.24, 2.45) is 0 Å². The quantitative estimate of drug-likeness (QED) is 0.667. The molecular formula is C19H25N5O4.